The molecular formula is C14H20FN3O4S2. The van der Waals surface area contributed by atoms with Crippen molar-refractivity contribution in [3.8, 4) is 6.07 Å². The minimum Gasteiger partial charge on any atom is -0.212 e. The number of benzene rings is 1. The van der Waals surface area contributed by atoms with Crippen LogP contribution >= 0.6 is 0 Å². The minimum absolute atomic E-state index is 0.0350. The van der Waals surface area contributed by atoms with Crippen LogP contribution in [-0.2, 0) is 20.0 Å². The van der Waals surface area contributed by atoms with Crippen LogP contribution in [0.3, 0.4) is 0 Å². The molecule has 0 saturated carbocycles. The van der Waals surface area contributed by atoms with Crippen LogP contribution in [0.15, 0.2) is 29.2 Å². The molecule has 134 valence electrons. The maximum absolute atomic E-state index is 12.9. The van der Waals surface area contributed by atoms with Gasteiger partial charge in [0.25, 0.3) is 0 Å². The van der Waals surface area contributed by atoms with Gasteiger partial charge in [0, 0.05) is 27.2 Å². The molecule has 0 spiro atoms. The van der Waals surface area contributed by atoms with Crippen molar-refractivity contribution in [3.63, 3.8) is 0 Å². The van der Waals surface area contributed by atoms with E-state index in [1.807, 2.05) is 6.07 Å². The third kappa shape index (κ3) is 5.24. The molecule has 1 unspecified atom stereocenters. The van der Waals surface area contributed by atoms with Crippen LogP contribution < -0.4 is 0 Å². The van der Waals surface area contributed by atoms with Crippen molar-refractivity contribution in [1.82, 2.24) is 8.61 Å². The summed E-state index contributed by atoms with van der Waals surface area (Å²) >= 11 is 0. The van der Waals surface area contributed by atoms with Gasteiger partial charge in [0.1, 0.15) is 5.82 Å². The Balaban J connectivity index is 2.79. The second-order valence-corrected chi connectivity index (χ2v) is 9.65. The summed E-state index contributed by atoms with van der Waals surface area (Å²) in [4.78, 5) is -0.116. The highest BCUT2D eigenvalue weighted by molar-refractivity contribution is 7.90. The molecule has 0 saturated heterocycles. The molecule has 1 aromatic carbocycles. The van der Waals surface area contributed by atoms with Crippen LogP contribution in [0.1, 0.15) is 6.92 Å². The van der Waals surface area contributed by atoms with Gasteiger partial charge in [-0.2, -0.15) is 9.57 Å². The molecule has 0 aromatic heterocycles. The first-order valence-corrected chi connectivity index (χ1v) is 10.1. The third-order valence-corrected chi connectivity index (χ3v) is 7.08. The molecule has 0 aliphatic rings. The van der Waals surface area contributed by atoms with Gasteiger partial charge in [-0.25, -0.2) is 25.5 Å². The Morgan fingerprint density at radius 2 is 1.67 bits per heavy atom. The zero-order valence-electron chi connectivity index (χ0n) is 13.7. The van der Waals surface area contributed by atoms with Gasteiger partial charge in [0.05, 0.1) is 22.6 Å². The molecule has 0 N–H and O–H groups in total. The maximum Gasteiger partial charge on any atom is 0.242 e. The Bertz CT molecular complexity index is 801. The molecule has 0 bridgehead atoms. The number of hydrogen-bond donors (Lipinski definition) is 0. The highest BCUT2D eigenvalue weighted by Crippen LogP contribution is 2.15. The summed E-state index contributed by atoms with van der Waals surface area (Å²) < 4.78 is 63.7. The maximum atomic E-state index is 12.9. The molecule has 24 heavy (non-hydrogen) atoms. The van der Waals surface area contributed by atoms with Crippen LogP contribution in [0.5, 0.6) is 0 Å². The smallest absolute Gasteiger partial charge is 0.212 e. The fourth-order valence-corrected chi connectivity index (χ4v) is 4.40. The quantitative estimate of drug-likeness (QED) is 0.669. The first kappa shape index (κ1) is 20.5. The Hall–Kier alpha value is -1.54. The highest BCUT2D eigenvalue weighted by atomic mass is 32.2. The number of halogens is 1. The summed E-state index contributed by atoms with van der Waals surface area (Å²) in [5, 5.41) is 8.73. The zero-order valence-corrected chi connectivity index (χ0v) is 15.3. The summed E-state index contributed by atoms with van der Waals surface area (Å²) in [5.41, 5.74) is 0. The van der Waals surface area contributed by atoms with E-state index in [9.17, 15) is 21.2 Å². The predicted octanol–water partition coefficient (Wildman–Crippen LogP) is 0.867. The van der Waals surface area contributed by atoms with E-state index < -0.39 is 37.5 Å². The number of nitriles is 1. The van der Waals surface area contributed by atoms with Gasteiger partial charge in [-0.05, 0) is 31.2 Å². The molecule has 0 fully saturated rings. The lowest BCUT2D eigenvalue weighted by Gasteiger charge is -2.21. The van der Waals surface area contributed by atoms with Crippen LogP contribution in [0.25, 0.3) is 0 Å². The second-order valence-electron chi connectivity index (χ2n) is 5.41. The first-order valence-electron chi connectivity index (χ1n) is 7.06. The van der Waals surface area contributed by atoms with Crippen molar-refractivity contribution in [2.24, 2.45) is 5.92 Å². The van der Waals surface area contributed by atoms with Crippen molar-refractivity contribution in [1.29, 1.82) is 5.26 Å². The Morgan fingerprint density at radius 1 is 1.12 bits per heavy atom. The van der Waals surface area contributed by atoms with E-state index >= 15 is 0 Å². The topological polar surface area (TPSA) is 98.5 Å². The standard InChI is InChI=1S/C14H20FN3O4S2/c1-12(10-16)11-18(3)23(19,20)9-8-17(2)24(21,22)14-6-4-13(15)5-7-14/h4-7,12H,8-9,11H2,1-3H3. The van der Waals surface area contributed by atoms with E-state index in [2.05, 4.69) is 0 Å². The third-order valence-electron chi connectivity index (χ3n) is 3.41. The SMILES string of the molecule is CC(C#N)CN(C)S(=O)(=O)CCN(C)S(=O)(=O)c1ccc(F)cc1. The molecule has 0 aliphatic carbocycles. The number of rotatable bonds is 8. The van der Waals surface area contributed by atoms with Gasteiger partial charge >= 0.3 is 0 Å². The molecule has 1 aromatic rings. The molecule has 10 heteroatoms. The van der Waals surface area contributed by atoms with Gasteiger partial charge < -0.3 is 0 Å². The number of sulfonamides is 2. The molecule has 0 amide bonds. The van der Waals surface area contributed by atoms with Crippen LogP contribution in [0.2, 0.25) is 0 Å². The zero-order chi connectivity index (χ0) is 18.5. The normalized spacial score (nSPS) is 13.9. The highest BCUT2D eigenvalue weighted by Gasteiger charge is 2.25. The Kier molecular flexibility index (Phi) is 6.86. The Morgan fingerprint density at radius 3 is 2.17 bits per heavy atom. The second kappa shape index (κ2) is 8.02. The van der Waals surface area contributed by atoms with E-state index in [4.69, 9.17) is 5.26 Å². The fraction of sp³-hybridized carbons (Fsp3) is 0.500. The van der Waals surface area contributed by atoms with Gasteiger partial charge in [-0.15, -0.1) is 0 Å². The summed E-state index contributed by atoms with van der Waals surface area (Å²) in [5.74, 6) is -1.45. The molecule has 0 radical (unpaired) electrons. The predicted molar refractivity (Wildman–Crippen MR) is 87.4 cm³/mol. The average Bonchev–Trinajstić information content (AvgIpc) is 2.52. The molecule has 0 aliphatic heterocycles. The lowest BCUT2D eigenvalue weighted by Crippen LogP contribution is -2.38. The van der Waals surface area contributed by atoms with E-state index in [0.717, 1.165) is 32.9 Å². The molecule has 1 atom stereocenters. The van der Waals surface area contributed by atoms with Crippen LogP contribution in [-0.4, -0.2) is 58.4 Å². The minimum atomic E-state index is -3.90. The average molecular weight is 377 g/mol. The van der Waals surface area contributed by atoms with Gasteiger partial charge in [-0.3, -0.25) is 0 Å². The monoisotopic (exact) mass is 377 g/mol. The number of nitrogens with zero attached hydrogens (tertiary/aromatic N) is 3. The lowest BCUT2D eigenvalue weighted by molar-refractivity contribution is 0.431. The van der Waals surface area contributed by atoms with Gasteiger partial charge in [-0.1, -0.05) is 0 Å². The largest absolute Gasteiger partial charge is 0.242 e. The summed E-state index contributed by atoms with van der Waals surface area (Å²) in [6, 6.07) is 6.23. The summed E-state index contributed by atoms with van der Waals surface area (Å²) in [6.07, 6.45) is 0. The van der Waals surface area contributed by atoms with Crippen molar-refractivity contribution >= 4 is 20.0 Å². The van der Waals surface area contributed by atoms with E-state index in [1.54, 1.807) is 6.92 Å². The van der Waals surface area contributed by atoms with Crippen molar-refractivity contribution in [2.75, 3.05) is 32.9 Å². The van der Waals surface area contributed by atoms with E-state index in [1.165, 1.54) is 14.1 Å². The van der Waals surface area contributed by atoms with Crippen molar-refractivity contribution in [2.45, 2.75) is 11.8 Å². The van der Waals surface area contributed by atoms with Crippen LogP contribution in [0, 0.1) is 23.1 Å². The van der Waals surface area contributed by atoms with E-state index in [0.29, 0.717) is 0 Å². The van der Waals surface area contributed by atoms with Gasteiger partial charge in [0.15, 0.2) is 0 Å². The van der Waals surface area contributed by atoms with Crippen molar-refractivity contribution < 1.29 is 21.2 Å². The lowest BCUT2D eigenvalue weighted by atomic mass is 10.2. The van der Waals surface area contributed by atoms with Crippen molar-refractivity contribution in [3.05, 3.63) is 30.1 Å². The van der Waals surface area contributed by atoms with Crippen LogP contribution in [0.4, 0.5) is 4.39 Å². The first-order chi connectivity index (χ1) is 11.0. The number of hydrogen-bond acceptors (Lipinski definition) is 5. The molecule has 1 rings (SSSR count). The Labute approximate surface area is 142 Å². The fourth-order valence-electron chi connectivity index (χ4n) is 1.85. The molecular weight excluding hydrogens is 357 g/mol. The molecule has 7 nitrogen and oxygen atoms in total. The summed E-state index contributed by atoms with van der Waals surface area (Å²) in [7, 11) is -4.99. The van der Waals surface area contributed by atoms with E-state index in [-0.39, 0.29) is 18.0 Å². The summed E-state index contributed by atoms with van der Waals surface area (Å²) in [6.45, 7) is 1.37. The molecule has 0 heterocycles. The van der Waals surface area contributed by atoms with Gasteiger partial charge in [0.2, 0.25) is 20.0 Å².